The fourth-order valence-corrected chi connectivity index (χ4v) is 6.76. The molecule has 3 aromatic carbocycles. The zero-order valence-electron chi connectivity index (χ0n) is 20.7. The average Bonchev–Trinajstić information content (AvgIpc) is 3.25. The minimum atomic E-state index is -3.90. The Labute approximate surface area is 229 Å². The van der Waals surface area contributed by atoms with E-state index in [0.717, 1.165) is 11.1 Å². The lowest BCUT2D eigenvalue weighted by Crippen LogP contribution is -2.40. The number of ether oxygens (including phenoxy) is 1. The van der Waals surface area contributed by atoms with E-state index >= 15 is 0 Å². The lowest BCUT2D eigenvalue weighted by Gasteiger charge is -2.22. The number of rotatable bonds is 7. The molecule has 10 heteroatoms. The molecular weight excluding hydrogens is 574 g/mol. The molecule has 0 spiro atoms. The molecule has 1 heterocycles. The van der Waals surface area contributed by atoms with Crippen molar-refractivity contribution in [1.82, 2.24) is 9.71 Å². The third-order valence-electron chi connectivity index (χ3n) is 5.23. The fourth-order valence-electron chi connectivity index (χ4n) is 3.72. The summed E-state index contributed by atoms with van der Waals surface area (Å²) in [5.41, 5.74) is 2.22. The molecule has 7 nitrogen and oxygen atoms in total. The molecule has 0 fully saturated rings. The van der Waals surface area contributed by atoms with Crippen LogP contribution in [0.4, 0.5) is 5.69 Å². The van der Waals surface area contributed by atoms with Gasteiger partial charge in [0, 0.05) is 22.4 Å². The van der Waals surface area contributed by atoms with E-state index in [9.17, 15) is 13.2 Å². The van der Waals surface area contributed by atoms with E-state index in [1.54, 1.807) is 52.1 Å². The summed E-state index contributed by atoms with van der Waals surface area (Å²) in [6.45, 7) is 5.34. The number of hydrogen-bond acceptors (Lipinski definition) is 6. The van der Waals surface area contributed by atoms with Crippen molar-refractivity contribution in [1.29, 1.82) is 0 Å². The van der Waals surface area contributed by atoms with Gasteiger partial charge >= 0.3 is 0 Å². The molecule has 0 saturated heterocycles. The summed E-state index contributed by atoms with van der Waals surface area (Å²) in [7, 11) is -2.32. The van der Waals surface area contributed by atoms with E-state index in [1.807, 2.05) is 42.5 Å². The number of methoxy groups -OCH3 is 1. The highest BCUT2D eigenvalue weighted by Gasteiger charge is 2.26. The lowest BCUT2D eigenvalue weighted by atomic mass is 10.1. The first-order valence-corrected chi connectivity index (χ1v) is 14.4. The van der Waals surface area contributed by atoms with Gasteiger partial charge in [-0.2, -0.15) is 0 Å². The molecule has 0 unspecified atom stereocenters. The molecule has 2 N–H and O–H groups in total. The second-order valence-electron chi connectivity index (χ2n) is 9.26. The lowest BCUT2D eigenvalue weighted by molar-refractivity contribution is 0.103. The molecule has 37 heavy (non-hydrogen) atoms. The molecule has 0 aliphatic heterocycles. The number of sulfonamides is 1. The molecule has 0 saturated carbocycles. The van der Waals surface area contributed by atoms with Crippen molar-refractivity contribution in [3.63, 3.8) is 0 Å². The number of anilines is 1. The van der Waals surface area contributed by atoms with Crippen LogP contribution in [-0.2, 0) is 10.0 Å². The van der Waals surface area contributed by atoms with Crippen LogP contribution in [0.5, 0.6) is 5.75 Å². The molecular formula is C27H26BrN3O4S2. The Morgan fingerprint density at radius 3 is 2.27 bits per heavy atom. The smallest absolute Gasteiger partial charge is 0.268 e. The van der Waals surface area contributed by atoms with Gasteiger partial charge in [-0.15, -0.1) is 11.3 Å². The minimum absolute atomic E-state index is 0.0762. The van der Waals surface area contributed by atoms with Crippen LogP contribution in [0.1, 0.15) is 30.4 Å². The first-order valence-electron chi connectivity index (χ1n) is 11.3. The maximum absolute atomic E-state index is 13.4. The Morgan fingerprint density at radius 2 is 1.65 bits per heavy atom. The molecule has 4 aromatic rings. The van der Waals surface area contributed by atoms with Gasteiger partial charge in [0.05, 0.1) is 17.7 Å². The van der Waals surface area contributed by atoms with Crippen LogP contribution in [-0.4, -0.2) is 32.0 Å². The number of benzene rings is 3. The van der Waals surface area contributed by atoms with Crippen molar-refractivity contribution < 1.29 is 17.9 Å². The zero-order chi connectivity index (χ0) is 26.8. The number of thiazole rings is 1. The topological polar surface area (TPSA) is 97.4 Å². The van der Waals surface area contributed by atoms with Crippen molar-refractivity contribution in [2.24, 2.45) is 0 Å². The van der Waals surface area contributed by atoms with E-state index < -0.39 is 21.5 Å². The number of nitrogens with one attached hydrogen (secondary N) is 2. The Kier molecular flexibility index (Phi) is 7.84. The minimum Gasteiger partial charge on any atom is -0.497 e. The Balaban J connectivity index is 1.72. The monoisotopic (exact) mass is 599 g/mol. The maximum atomic E-state index is 13.4. The van der Waals surface area contributed by atoms with E-state index in [4.69, 9.17) is 4.74 Å². The highest BCUT2D eigenvalue weighted by atomic mass is 79.9. The van der Waals surface area contributed by atoms with Crippen LogP contribution in [0, 0.1) is 0 Å². The van der Waals surface area contributed by atoms with Crippen molar-refractivity contribution in [3.8, 4) is 28.1 Å². The summed E-state index contributed by atoms with van der Waals surface area (Å²) in [5, 5.41) is 2.85. The highest BCUT2D eigenvalue weighted by molar-refractivity contribution is 9.11. The third-order valence-corrected chi connectivity index (χ3v) is 8.53. The summed E-state index contributed by atoms with van der Waals surface area (Å²) in [5.74, 6) is 0.300. The standard InChI is InChI=1S/C27H26BrN3O4S2/c1-27(2,3)31-37(33,34)22-16-19(12-15-21(22)17-8-6-5-7-9-17)29-25(32)24-23(30-26(28)36-24)18-10-13-20(35-4)14-11-18/h5-16,31H,1-4H3,(H,29,32). The van der Waals surface area contributed by atoms with Gasteiger partial charge in [-0.25, -0.2) is 18.1 Å². The first-order chi connectivity index (χ1) is 17.5. The summed E-state index contributed by atoms with van der Waals surface area (Å²) in [4.78, 5) is 18.3. The number of halogens is 1. The zero-order valence-corrected chi connectivity index (χ0v) is 23.9. The average molecular weight is 601 g/mol. The van der Waals surface area contributed by atoms with Crippen molar-refractivity contribution >= 4 is 48.9 Å². The summed E-state index contributed by atoms with van der Waals surface area (Å²) >= 11 is 4.57. The van der Waals surface area contributed by atoms with Gasteiger partial charge in [-0.3, -0.25) is 4.79 Å². The third kappa shape index (κ3) is 6.45. The van der Waals surface area contributed by atoms with Crippen molar-refractivity contribution in [2.45, 2.75) is 31.2 Å². The van der Waals surface area contributed by atoms with E-state index in [-0.39, 0.29) is 4.90 Å². The molecule has 4 rings (SSSR count). The second-order valence-corrected chi connectivity index (χ2v) is 13.2. The highest BCUT2D eigenvalue weighted by Crippen LogP contribution is 2.34. The van der Waals surface area contributed by atoms with Crippen molar-refractivity contribution in [3.05, 3.63) is 81.6 Å². The van der Waals surface area contributed by atoms with Crippen LogP contribution in [0.15, 0.2) is 81.6 Å². The molecule has 0 aliphatic rings. The summed E-state index contributed by atoms with van der Waals surface area (Å²) < 4.78 is 35.3. The number of hydrogen-bond donors (Lipinski definition) is 2. The first kappa shape index (κ1) is 27.0. The number of aromatic nitrogens is 1. The summed E-state index contributed by atoms with van der Waals surface area (Å²) in [6, 6.07) is 21.4. The van der Waals surface area contributed by atoms with E-state index in [2.05, 4.69) is 31.0 Å². The predicted octanol–water partition coefficient (Wildman–Crippen LogP) is 6.58. The molecule has 1 aromatic heterocycles. The van der Waals surface area contributed by atoms with Gasteiger partial charge in [0.2, 0.25) is 10.0 Å². The molecule has 0 bridgehead atoms. The molecule has 0 aliphatic carbocycles. The molecule has 192 valence electrons. The van der Waals surface area contributed by atoms with Crippen LogP contribution < -0.4 is 14.8 Å². The van der Waals surface area contributed by atoms with E-state index in [1.165, 1.54) is 17.4 Å². The Morgan fingerprint density at radius 1 is 0.973 bits per heavy atom. The van der Waals surface area contributed by atoms with Gasteiger partial charge < -0.3 is 10.1 Å². The van der Waals surface area contributed by atoms with Gasteiger partial charge in [-0.05, 0) is 78.7 Å². The molecule has 0 atom stereocenters. The Hall–Kier alpha value is -3.05. The normalized spacial score (nSPS) is 11.8. The summed E-state index contributed by atoms with van der Waals surface area (Å²) in [6.07, 6.45) is 0. The number of carbonyl (C=O) groups excluding carboxylic acids is 1. The van der Waals surface area contributed by atoms with Crippen LogP contribution >= 0.6 is 27.3 Å². The van der Waals surface area contributed by atoms with Gasteiger partial charge in [-0.1, -0.05) is 36.4 Å². The van der Waals surface area contributed by atoms with Crippen molar-refractivity contribution in [2.75, 3.05) is 12.4 Å². The molecule has 1 amide bonds. The SMILES string of the molecule is COc1ccc(-c2nc(Br)sc2C(=O)Nc2ccc(-c3ccccc3)c(S(=O)(=O)NC(C)(C)C)c2)cc1. The van der Waals surface area contributed by atoms with Crippen LogP contribution in [0.25, 0.3) is 22.4 Å². The fraction of sp³-hybridized carbons (Fsp3) is 0.185. The predicted molar refractivity (Wildman–Crippen MR) is 152 cm³/mol. The van der Waals surface area contributed by atoms with Crippen LogP contribution in [0.3, 0.4) is 0 Å². The number of amides is 1. The second kappa shape index (κ2) is 10.7. The van der Waals surface area contributed by atoms with Gasteiger partial charge in [0.15, 0.2) is 3.92 Å². The van der Waals surface area contributed by atoms with E-state index in [0.29, 0.717) is 31.5 Å². The number of carbonyl (C=O) groups is 1. The quantitative estimate of drug-likeness (QED) is 0.250. The Bertz CT molecular complexity index is 1530. The molecule has 0 radical (unpaired) electrons. The number of nitrogens with zero attached hydrogens (tertiary/aromatic N) is 1. The van der Waals surface area contributed by atoms with Crippen LogP contribution in [0.2, 0.25) is 0 Å². The van der Waals surface area contributed by atoms with Gasteiger partial charge in [0.1, 0.15) is 10.6 Å². The largest absolute Gasteiger partial charge is 0.497 e. The maximum Gasteiger partial charge on any atom is 0.268 e. The van der Waals surface area contributed by atoms with Gasteiger partial charge in [0.25, 0.3) is 5.91 Å².